The van der Waals surface area contributed by atoms with Crippen LogP contribution in [0.15, 0.2) is 53.7 Å². The van der Waals surface area contributed by atoms with E-state index >= 15 is 0 Å². The molecule has 3 aromatic rings. The monoisotopic (exact) mass is 320 g/mol. The smallest absolute Gasteiger partial charge is 0.266 e. The largest absolute Gasteiger partial charge is 0.287 e. The maximum absolute atomic E-state index is 11.9. The van der Waals surface area contributed by atoms with Crippen molar-refractivity contribution in [1.29, 1.82) is 0 Å². The van der Waals surface area contributed by atoms with E-state index in [1.54, 1.807) is 10.9 Å². The Morgan fingerprint density at radius 3 is 2.57 bits per heavy atom. The van der Waals surface area contributed by atoms with Crippen molar-refractivity contribution in [3.05, 3.63) is 74.9 Å². The van der Waals surface area contributed by atoms with Crippen LogP contribution in [-0.2, 0) is 6.54 Å². The van der Waals surface area contributed by atoms with Crippen molar-refractivity contribution in [1.82, 2.24) is 19.6 Å². The Bertz CT molecular complexity index is 826. The standard InChI is InChI=1S/C14H10Cl2N4O/c15-12-7-18-20(14(21)13(12)16)9-10-6-17-19(8-10)11-4-2-1-3-5-11/h1-8H,9H2. The van der Waals surface area contributed by atoms with Gasteiger partial charge in [-0.2, -0.15) is 10.2 Å². The fraction of sp³-hybridized carbons (Fsp3) is 0.0714. The molecule has 1 aromatic carbocycles. The molecule has 0 N–H and O–H groups in total. The fourth-order valence-corrected chi connectivity index (χ4v) is 2.17. The molecule has 0 aliphatic carbocycles. The van der Waals surface area contributed by atoms with Crippen LogP contribution in [0.3, 0.4) is 0 Å². The van der Waals surface area contributed by atoms with Gasteiger partial charge in [0.1, 0.15) is 5.02 Å². The molecule has 3 rings (SSSR count). The third-order valence-corrected chi connectivity index (χ3v) is 3.68. The lowest BCUT2D eigenvalue weighted by Gasteiger charge is -2.03. The molecule has 0 unspecified atom stereocenters. The number of halogens is 2. The first-order chi connectivity index (χ1) is 10.1. The molecular weight excluding hydrogens is 311 g/mol. The summed E-state index contributed by atoms with van der Waals surface area (Å²) >= 11 is 11.6. The molecular formula is C14H10Cl2N4O. The topological polar surface area (TPSA) is 52.7 Å². The molecule has 21 heavy (non-hydrogen) atoms. The lowest BCUT2D eigenvalue weighted by molar-refractivity contribution is 0.639. The Labute approximate surface area is 130 Å². The van der Waals surface area contributed by atoms with Gasteiger partial charge in [-0.1, -0.05) is 41.4 Å². The van der Waals surface area contributed by atoms with E-state index in [0.717, 1.165) is 11.3 Å². The predicted molar refractivity (Wildman–Crippen MR) is 81.2 cm³/mol. The van der Waals surface area contributed by atoms with E-state index in [0.29, 0.717) is 0 Å². The molecule has 2 aromatic heterocycles. The number of aromatic nitrogens is 4. The van der Waals surface area contributed by atoms with E-state index in [1.807, 2.05) is 36.5 Å². The van der Waals surface area contributed by atoms with Gasteiger partial charge in [0.15, 0.2) is 0 Å². The van der Waals surface area contributed by atoms with Crippen LogP contribution in [0.5, 0.6) is 0 Å². The van der Waals surface area contributed by atoms with Gasteiger partial charge < -0.3 is 0 Å². The maximum Gasteiger partial charge on any atom is 0.287 e. The number of nitrogens with zero attached hydrogens (tertiary/aromatic N) is 4. The van der Waals surface area contributed by atoms with Crippen LogP contribution in [-0.4, -0.2) is 19.6 Å². The van der Waals surface area contributed by atoms with E-state index in [-0.39, 0.29) is 16.6 Å². The Morgan fingerprint density at radius 2 is 1.81 bits per heavy atom. The average Bonchev–Trinajstić information content (AvgIpc) is 2.97. The predicted octanol–water partition coefficient (Wildman–Crippen LogP) is 2.78. The Hall–Kier alpha value is -2.11. The number of benzene rings is 1. The summed E-state index contributed by atoms with van der Waals surface area (Å²) in [5, 5.41) is 8.36. The van der Waals surface area contributed by atoms with Crippen molar-refractivity contribution >= 4 is 23.2 Å². The van der Waals surface area contributed by atoms with Gasteiger partial charge in [0.25, 0.3) is 5.56 Å². The van der Waals surface area contributed by atoms with Crippen molar-refractivity contribution < 1.29 is 0 Å². The summed E-state index contributed by atoms with van der Waals surface area (Å²) in [7, 11) is 0. The summed E-state index contributed by atoms with van der Waals surface area (Å²) in [6, 6.07) is 9.69. The summed E-state index contributed by atoms with van der Waals surface area (Å²) in [6.45, 7) is 0.280. The first-order valence-corrected chi connectivity index (χ1v) is 6.91. The van der Waals surface area contributed by atoms with Gasteiger partial charge in [-0.15, -0.1) is 0 Å². The van der Waals surface area contributed by atoms with Crippen molar-refractivity contribution in [2.45, 2.75) is 6.54 Å². The average molecular weight is 321 g/mol. The molecule has 0 aliphatic heterocycles. The summed E-state index contributed by atoms with van der Waals surface area (Å²) in [6.07, 6.45) is 4.88. The zero-order chi connectivity index (χ0) is 14.8. The number of para-hydroxylation sites is 1. The van der Waals surface area contributed by atoms with E-state index < -0.39 is 5.56 Å². The number of hydrogen-bond acceptors (Lipinski definition) is 3. The minimum Gasteiger partial charge on any atom is -0.266 e. The van der Waals surface area contributed by atoms with Gasteiger partial charge in [0.05, 0.1) is 29.6 Å². The molecule has 0 amide bonds. The molecule has 0 spiro atoms. The molecule has 106 valence electrons. The van der Waals surface area contributed by atoms with Gasteiger partial charge in [-0.3, -0.25) is 4.79 Å². The van der Waals surface area contributed by atoms with Crippen LogP contribution in [0.2, 0.25) is 10.0 Å². The molecule has 0 aliphatic rings. The maximum atomic E-state index is 11.9. The van der Waals surface area contributed by atoms with E-state index in [9.17, 15) is 4.79 Å². The first-order valence-electron chi connectivity index (χ1n) is 6.15. The summed E-state index contributed by atoms with van der Waals surface area (Å²) in [5.41, 5.74) is 1.36. The van der Waals surface area contributed by atoms with Crippen LogP contribution < -0.4 is 5.56 Å². The minimum absolute atomic E-state index is 0.0258. The quantitative estimate of drug-likeness (QED) is 0.745. The first kappa shape index (κ1) is 13.9. The molecule has 5 nitrogen and oxygen atoms in total. The van der Waals surface area contributed by atoms with Crippen LogP contribution in [0, 0.1) is 0 Å². The zero-order valence-corrected chi connectivity index (χ0v) is 12.3. The lowest BCUT2D eigenvalue weighted by atomic mass is 10.3. The highest BCUT2D eigenvalue weighted by molar-refractivity contribution is 6.41. The lowest BCUT2D eigenvalue weighted by Crippen LogP contribution is -2.23. The minimum atomic E-state index is -0.420. The zero-order valence-electron chi connectivity index (χ0n) is 10.8. The van der Waals surface area contributed by atoms with Gasteiger partial charge in [0.2, 0.25) is 0 Å². The number of hydrogen-bond donors (Lipinski definition) is 0. The second-order valence-electron chi connectivity index (χ2n) is 4.40. The Kier molecular flexibility index (Phi) is 3.77. The second kappa shape index (κ2) is 5.71. The van der Waals surface area contributed by atoms with Crippen molar-refractivity contribution in [3.8, 4) is 5.69 Å². The third kappa shape index (κ3) is 2.84. The SMILES string of the molecule is O=c1c(Cl)c(Cl)cnn1Cc1cnn(-c2ccccc2)c1. The highest BCUT2D eigenvalue weighted by atomic mass is 35.5. The highest BCUT2D eigenvalue weighted by Gasteiger charge is 2.09. The molecule has 0 bridgehead atoms. The molecule has 0 fully saturated rings. The van der Waals surface area contributed by atoms with Crippen molar-refractivity contribution in [3.63, 3.8) is 0 Å². The van der Waals surface area contributed by atoms with Crippen molar-refractivity contribution in [2.24, 2.45) is 0 Å². The van der Waals surface area contributed by atoms with E-state index in [2.05, 4.69) is 10.2 Å². The molecule has 2 heterocycles. The third-order valence-electron chi connectivity index (χ3n) is 2.93. The fourth-order valence-electron chi connectivity index (χ4n) is 1.89. The Balaban J connectivity index is 1.89. The molecule has 0 saturated carbocycles. The molecule has 7 heteroatoms. The molecule has 0 atom stereocenters. The molecule has 0 saturated heterocycles. The normalized spacial score (nSPS) is 10.8. The van der Waals surface area contributed by atoms with E-state index in [4.69, 9.17) is 23.2 Å². The second-order valence-corrected chi connectivity index (χ2v) is 5.18. The molecule has 0 radical (unpaired) electrons. The number of rotatable bonds is 3. The Morgan fingerprint density at radius 1 is 1.05 bits per heavy atom. The van der Waals surface area contributed by atoms with Crippen molar-refractivity contribution in [2.75, 3.05) is 0 Å². The van der Waals surface area contributed by atoms with Gasteiger partial charge in [0, 0.05) is 11.8 Å². The van der Waals surface area contributed by atoms with Crippen LogP contribution >= 0.6 is 23.2 Å². The van der Waals surface area contributed by atoms with Crippen LogP contribution in [0.1, 0.15) is 5.56 Å². The highest BCUT2D eigenvalue weighted by Crippen LogP contribution is 2.15. The van der Waals surface area contributed by atoms with Gasteiger partial charge in [-0.05, 0) is 12.1 Å². The van der Waals surface area contributed by atoms with Gasteiger partial charge >= 0.3 is 0 Å². The summed E-state index contributed by atoms with van der Waals surface area (Å²) in [4.78, 5) is 11.9. The van der Waals surface area contributed by atoms with E-state index in [1.165, 1.54) is 10.9 Å². The summed E-state index contributed by atoms with van der Waals surface area (Å²) in [5.74, 6) is 0. The van der Waals surface area contributed by atoms with Crippen LogP contribution in [0.25, 0.3) is 5.69 Å². The van der Waals surface area contributed by atoms with Gasteiger partial charge in [-0.25, -0.2) is 9.36 Å². The summed E-state index contributed by atoms with van der Waals surface area (Å²) < 4.78 is 2.98. The van der Waals surface area contributed by atoms with Crippen LogP contribution in [0.4, 0.5) is 0 Å².